The molecule has 32 heavy (non-hydrogen) atoms. The second kappa shape index (κ2) is 9.00. The van der Waals surface area contributed by atoms with Crippen LogP contribution in [0.4, 0.5) is 23.7 Å². The molecule has 2 aromatic rings. The second-order valence-corrected chi connectivity index (χ2v) is 6.63. The largest absolute Gasteiger partial charge is 0.504 e. The lowest BCUT2D eigenvalue weighted by Gasteiger charge is -2.15. The number of carbonyl (C=O) groups is 3. The Morgan fingerprint density at radius 1 is 1.22 bits per heavy atom. The molecular weight excluding hydrogens is 431 g/mol. The van der Waals surface area contributed by atoms with E-state index in [-0.39, 0.29) is 17.2 Å². The van der Waals surface area contributed by atoms with Crippen molar-refractivity contribution in [2.75, 3.05) is 18.5 Å². The first kappa shape index (κ1) is 22.7. The number of aromatic hydroxyl groups is 1. The number of benzene rings is 2. The van der Waals surface area contributed by atoms with Crippen LogP contribution in [0.15, 0.2) is 48.2 Å². The molecule has 0 spiro atoms. The molecule has 11 heteroatoms. The van der Waals surface area contributed by atoms with Gasteiger partial charge in [-0.05, 0) is 42.8 Å². The van der Waals surface area contributed by atoms with Gasteiger partial charge in [-0.2, -0.15) is 13.2 Å². The van der Waals surface area contributed by atoms with Gasteiger partial charge in [0.1, 0.15) is 12.2 Å². The first-order valence-electron chi connectivity index (χ1n) is 9.36. The molecule has 1 aliphatic heterocycles. The lowest BCUT2D eigenvalue weighted by atomic mass is 10.1. The first-order chi connectivity index (χ1) is 15.1. The molecule has 1 aliphatic rings. The third-order valence-electron chi connectivity index (χ3n) is 4.37. The maximum absolute atomic E-state index is 13.1. The number of phenolic OH excluding ortho intramolecular Hbond substituents is 1. The number of nitrogens with one attached hydrogen (secondary N) is 2. The number of para-hydroxylation sites is 1. The predicted molar refractivity (Wildman–Crippen MR) is 108 cm³/mol. The summed E-state index contributed by atoms with van der Waals surface area (Å²) in [6.07, 6.45) is -3.37. The Morgan fingerprint density at radius 3 is 2.62 bits per heavy atom. The number of rotatable bonds is 6. The van der Waals surface area contributed by atoms with Gasteiger partial charge in [-0.15, -0.1) is 0 Å². The van der Waals surface area contributed by atoms with Gasteiger partial charge in [-0.1, -0.05) is 18.2 Å². The number of hydrogen-bond acceptors (Lipinski definition) is 5. The molecule has 0 aromatic heterocycles. The van der Waals surface area contributed by atoms with E-state index < -0.39 is 41.8 Å². The van der Waals surface area contributed by atoms with Gasteiger partial charge in [0.2, 0.25) is 5.91 Å². The van der Waals surface area contributed by atoms with Crippen molar-refractivity contribution in [1.29, 1.82) is 0 Å². The Kier molecular flexibility index (Phi) is 6.37. The maximum Gasteiger partial charge on any atom is 0.418 e. The summed E-state index contributed by atoms with van der Waals surface area (Å²) in [7, 11) is 0. The fourth-order valence-electron chi connectivity index (χ4n) is 2.95. The molecule has 0 aliphatic carbocycles. The van der Waals surface area contributed by atoms with Crippen molar-refractivity contribution < 1.29 is 37.4 Å². The van der Waals surface area contributed by atoms with Crippen LogP contribution in [0.5, 0.6) is 11.5 Å². The molecule has 3 N–H and O–H groups in total. The van der Waals surface area contributed by atoms with Gasteiger partial charge in [0.25, 0.3) is 5.91 Å². The third-order valence-corrected chi connectivity index (χ3v) is 4.37. The highest BCUT2D eigenvalue weighted by Gasteiger charge is 2.36. The van der Waals surface area contributed by atoms with Crippen LogP contribution in [0.1, 0.15) is 18.1 Å². The zero-order valence-electron chi connectivity index (χ0n) is 16.7. The van der Waals surface area contributed by atoms with Crippen molar-refractivity contribution in [3.63, 3.8) is 0 Å². The van der Waals surface area contributed by atoms with Crippen LogP contribution in [-0.2, 0) is 15.8 Å². The number of halogens is 3. The number of anilines is 1. The molecule has 0 bridgehead atoms. The SMILES string of the molecule is CCOc1cc(/C=C2\NC(=O)N(CC(=O)Nc3ccccc3C(F)(F)F)C2=O)ccc1O. The fraction of sp³-hybridized carbons (Fsp3) is 0.190. The summed E-state index contributed by atoms with van der Waals surface area (Å²) in [4.78, 5) is 37.5. The summed E-state index contributed by atoms with van der Waals surface area (Å²) in [5.41, 5.74) is -1.25. The summed E-state index contributed by atoms with van der Waals surface area (Å²) < 4.78 is 44.5. The van der Waals surface area contributed by atoms with Gasteiger partial charge in [0.05, 0.1) is 17.9 Å². The molecule has 0 saturated carbocycles. The van der Waals surface area contributed by atoms with E-state index in [0.717, 1.165) is 12.1 Å². The van der Waals surface area contributed by atoms with Crippen LogP contribution in [0, 0.1) is 0 Å². The van der Waals surface area contributed by atoms with E-state index in [1.54, 1.807) is 6.92 Å². The monoisotopic (exact) mass is 449 g/mol. The van der Waals surface area contributed by atoms with E-state index in [4.69, 9.17) is 4.74 Å². The number of ether oxygens (including phenoxy) is 1. The van der Waals surface area contributed by atoms with Crippen molar-refractivity contribution >= 4 is 29.6 Å². The molecule has 2 aromatic carbocycles. The highest BCUT2D eigenvalue weighted by Crippen LogP contribution is 2.34. The van der Waals surface area contributed by atoms with Crippen molar-refractivity contribution in [2.45, 2.75) is 13.1 Å². The Balaban J connectivity index is 1.74. The minimum atomic E-state index is -4.69. The molecule has 0 unspecified atom stereocenters. The Bertz CT molecular complexity index is 1100. The predicted octanol–water partition coefficient (Wildman–Crippen LogP) is 3.34. The number of amides is 4. The number of alkyl halides is 3. The number of imide groups is 1. The topological polar surface area (TPSA) is 108 Å². The molecule has 8 nitrogen and oxygen atoms in total. The standard InChI is InChI=1S/C21H18F3N3O5/c1-2-32-17-10-12(7-8-16(17)28)9-15-19(30)27(20(31)26-15)11-18(29)25-14-6-4-3-5-13(14)21(22,23)24/h3-10,28H,2,11H2,1H3,(H,25,29)(H,26,31)/b15-9-. The Hall–Kier alpha value is -4.02. The summed E-state index contributed by atoms with van der Waals surface area (Å²) in [6.45, 7) is 1.24. The number of phenols is 1. The Labute approximate surface area is 180 Å². The third kappa shape index (κ3) is 4.99. The minimum absolute atomic E-state index is 0.104. The van der Waals surface area contributed by atoms with Crippen LogP contribution < -0.4 is 15.4 Å². The number of hydrogen-bond donors (Lipinski definition) is 3. The quantitative estimate of drug-likeness (QED) is 0.463. The van der Waals surface area contributed by atoms with E-state index in [1.165, 1.54) is 36.4 Å². The molecule has 1 fully saturated rings. The molecule has 4 amide bonds. The van der Waals surface area contributed by atoms with Gasteiger partial charge >= 0.3 is 12.2 Å². The molecule has 168 valence electrons. The average molecular weight is 449 g/mol. The first-order valence-corrected chi connectivity index (χ1v) is 9.36. The van der Waals surface area contributed by atoms with Gasteiger partial charge in [0, 0.05) is 0 Å². The lowest BCUT2D eigenvalue weighted by Crippen LogP contribution is -2.38. The maximum atomic E-state index is 13.1. The highest BCUT2D eigenvalue weighted by atomic mass is 19.4. The van der Waals surface area contributed by atoms with Crippen molar-refractivity contribution in [3.8, 4) is 11.5 Å². The van der Waals surface area contributed by atoms with Crippen LogP contribution in [-0.4, -0.2) is 41.0 Å². The van der Waals surface area contributed by atoms with Crippen LogP contribution in [0.25, 0.3) is 6.08 Å². The van der Waals surface area contributed by atoms with Crippen LogP contribution in [0.2, 0.25) is 0 Å². The molecule has 1 heterocycles. The summed E-state index contributed by atoms with van der Waals surface area (Å²) in [5.74, 6) is -1.73. The van der Waals surface area contributed by atoms with Crippen LogP contribution >= 0.6 is 0 Å². The smallest absolute Gasteiger partial charge is 0.418 e. The minimum Gasteiger partial charge on any atom is -0.504 e. The number of carbonyl (C=O) groups excluding carboxylic acids is 3. The summed E-state index contributed by atoms with van der Waals surface area (Å²) in [5, 5.41) is 14.1. The number of nitrogens with zero attached hydrogens (tertiary/aromatic N) is 1. The zero-order valence-corrected chi connectivity index (χ0v) is 16.7. The zero-order chi connectivity index (χ0) is 23.5. The van der Waals surface area contributed by atoms with E-state index in [2.05, 4.69) is 10.6 Å². The van der Waals surface area contributed by atoms with E-state index in [9.17, 15) is 32.7 Å². The molecule has 1 saturated heterocycles. The second-order valence-electron chi connectivity index (χ2n) is 6.63. The van der Waals surface area contributed by atoms with Gasteiger partial charge in [-0.25, -0.2) is 9.69 Å². The normalized spacial score (nSPS) is 15.1. The summed E-state index contributed by atoms with van der Waals surface area (Å²) >= 11 is 0. The van der Waals surface area contributed by atoms with E-state index in [0.29, 0.717) is 17.1 Å². The fourth-order valence-corrected chi connectivity index (χ4v) is 2.95. The molecule has 3 rings (SSSR count). The highest BCUT2D eigenvalue weighted by molar-refractivity contribution is 6.16. The van der Waals surface area contributed by atoms with E-state index in [1.807, 2.05) is 0 Å². The molecular formula is C21H18F3N3O5. The molecule has 0 atom stereocenters. The van der Waals surface area contributed by atoms with Crippen LogP contribution in [0.3, 0.4) is 0 Å². The van der Waals surface area contributed by atoms with Gasteiger partial charge < -0.3 is 20.5 Å². The van der Waals surface area contributed by atoms with Gasteiger partial charge in [-0.3, -0.25) is 9.59 Å². The van der Waals surface area contributed by atoms with Crippen molar-refractivity contribution in [3.05, 3.63) is 59.3 Å². The van der Waals surface area contributed by atoms with E-state index >= 15 is 0 Å². The number of urea groups is 1. The summed E-state index contributed by atoms with van der Waals surface area (Å²) in [6, 6.07) is 7.74. The Morgan fingerprint density at radius 2 is 1.94 bits per heavy atom. The van der Waals surface area contributed by atoms with Crippen molar-refractivity contribution in [2.24, 2.45) is 0 Å². The van der Waals surface area contributed by atoms with Crippen molar-refractivity contribution in [1.82, 2.24) is 10.2 Å². The lowest BCUT2D eigenvalue weighted by molar-refractivity contribution is -0.137. The van der Waals surface area contributed by atoms with Gasteiger partial charge in [0.15, 0.2) is 11.5 Å². The molecule has 0 radical (unpaired) electrons. The average Bonchev–Trinajstić information content (AvgIpc) is 2.97.